The first-order valence-electron chi connectivity index (χ1n) is 5.36. The van der Waals surface area contributed by atoms with Crippen molar-refractivity contribution in [2.24, 2.45) is 0 Å². The van der Waals surface area contributed by atoms with Gasteiger partial charge in [-0.15, -0.1) is 10.6 Å². The quantitative estimate of drug-likeness (QED) is 0.782. The van der Waals surface area contributed by atoms with Crippen LogP contribution in [-0.4, -0.2) is 26.7 Å². The number of hydrogen-bond acceptors (Lipinski definition) is 4. The summed E-state index contributed by atoms with van der Waals surface area (Å²) in [6, 6.07) is 7.17. The number of benzene rings is 1. The summed E-state index contributed by atoms with van der Waals surface area (Å²) in [5.41, 5.74) is 0. The summed E-state index contributed by atoms with van der Waals surface area (Å²) in [6.07, 6.45) is 3.83. The molecule has 0 heterocycles. The van der Waals surface area contributed by atoms with Gasteiger partial charge in [0.15, 0.2) is 5.75 Å². The highest BCUT2D eigenvalue weighted by atomic mass is 79.9. The van der Waals surface area contributed by atoms with Gasteiger partial charge in [0.25, 0.3) is 10.1 Å². The maximum absolute atomic E-state index is 11.6. The molecule has 0 aliphatic heterocycles. The van der Waals surface area contributed by atoms with Crippen LogP contribution in [0.4, 0.5) is 0 Å². The van der Waals surface area contributed by atoms with Gasteiger partial charge in [-0.25, -0.2) is 0 Å². The van der Waals surface area contributed by atoms with Crippen LogP contribution < -0.4 is 4.18 Å². The second kappa shape index (κ2) is 6.27. The molecule has 0 fully saturated rings. The molecule has 0 spiro atoms. The van der Waals surface area contributed by atoms with Crippen LogP contribution in [0, 0.1) is 0 Å². The zero-order valence-corrected chi connectivity index (χ0v) is 13.8. The molecule has 0 atom stereocenters. The van der Waals surface area contributed by atoms with E-state index in [1.54, 1.807) is 31.6 Å². The molecule has 0 saturated heterocycles. The Bertz CT molecular complexity index is 482. The van der Waals surface area contributed by atoms with Gasteiger partial charge < -0.3 is 4.18 Å². The van der Waals surface area contributed by atoms with Crippen molar-refractivity contribution < 1.29 is 16.2 Å². The van der Waals surface area contributed by atoms with Crippen LogP contribution in [0.15, 0.2) is 28.7 Å². The third kappa shape index (κ3) is 5.60. The van der Waals surface area contributed by atoms with Crippen molar-refractivity contribution in [2.75, 3.05) is 18.3 Å². The van der Waals surface area contributed by atoms with Gasteiger partial charge in [-0.2, -0.15) is 12.0 Å². The maximum atomic E-state index is 11.6. The van der Waals surface area contributed by atoms with Crippen LogP contribution in [0.5, 0.6) is 5.75 Å². The number of halogens is 1. The van der Waals surface area contributed by atoms with E-state index in [0.29, 0.717) is 12.2 Å². The molecule has 0 radical (unpaired) electrons. The van der Waals surface area contributed by atoms with E-state index in [1.165, 1.54) is 0 Å². The van der Waals surface area contributed by atoms with Gasteiger partial charge in [0.05, 0.1) is 5.75 Å². The number of rotatable bonds is 6. The summed E-state index contributed by atoms with van der Waals surface area (Å²) < 4.78 is 34.9. The van der Waals surface area contributed by atoms with Gasteiger partial charge in [0.1, 0.15) is 0 Å². The van der Waals surface area contributed by atoms with E-state index >= 15 is 0 Å². The SMILES string of the molecule is CCCS(=O)(=O)OS(C)(C)Oc1ccc(Br)cc1. The third-order valence-corrected chi connectivity index (χ3v) is 6.00. The Morgan fingerprint density at radius 2 is 1.72 bits per heavy atom. The molecule has 104 valence electrons. The number of hydrogen-bond donors (Lipinski definition) is 0. The molecular weight excluding hydrogens is 340 g/mol. The average molecular weight is 357 g/mol. The molecule has 7 heteroatoms. The molecule has 1 rings (SSSR count). The standard InChI is InChI=1S/C11H17BrO4S2/c1-4-9-18(13,14)16-17(2,3)15-11-7-5-10(12)6-8-11/h5-8H,4,9H2,1-3H3. The highest BCUT2D eigenvalue weighted by Gasteiger charge is 2.20. The summed E-state index contributed by atoms with van der Waals surface area (Å²) in [5, 5.41) is 0. The Balaban J connectivity index is 2.73. The summed E-state index contributed by atoms with van der Waals surface area (Å²) >= 11 is 3.32. The third-order valence-electron chi connectivity index (χ3n) is 1.83. The highest BCUT2D eigenvalue weighted by Crippen LogP contribution is 2.44. The lowest BCUT2D eigenvalue weighted by Gasteiger charge is -2.34. The minimum absolute atomic E-state index is 0.00707. The van der Waals surface area contributed by atoms with E-state index in [9.17, 15) is 8.42 Å². The predicted molar refractivity (Wildman–Crippen MR) is 79.4 cm³/mol. The zero-order valence-electron chi connectivity index (χ0n) is 10.6. The molecule has 0 aromatic heterocycles. The van der Waals surface area contributed by atoms with Gasteiger partial charge in [-0.05, 0) is 30.7 Å². The van der Waals surface area contributed by atoms with Crippen LogP contribution in [-0.2, 0) is 13.7 Å². The lowest BCUT2D eigenvalue weighted by molar-refractivity contribution is 0.472. The molecule has 0 aliphatic carbocycles. The molecule has 0 aliphatic rings. The van der Waals surface area contributed by atoms with Gasteiger partial charge in [-0.1, -0.05) is 22.9 Å². The van der Waals surface area contributed by atoms with Crippen molar-refractivity contribution in [3.05, 3.63) is 28.7 Å². The summed E-state index contributed by atoms with van der Waals surface area (Å²) in [4.78, 5) is 0. The lowest BCUT2D eigenvalue weighted by atomic mass is 10.3. The Morgan fingerprint density at radius 1 is 1.17 bits per heavy atom. The first-order chi connectivity index (χ1) is 8.24. The van der Waals surface area contributed by atoms with Crippen LogP contribution in [0.3, 0.4) is 0 Å². The molecule has 4 nitrogen and oxygen atoms in total. The normalized spacial score (nSPS) is 13.3. The van der Waals surface area contributed by atoms with Crippen LogP contribution in [0.2, 0.25) is 0 Å². The molecule has 1 aromatic rings. The minimum atomic E-state index is -3.51. The minimum Gasteiger partial charge on any atom is -0.391 e. The van der Waals surface area contributed by atoms with E-state index in [-0.39, 0.29) is 5.75 Å². The molecule has 0 N–H and O–H groups in total. The first kappa shape index (κ1) is 15.8. The second-order valence-corrected chi connectivity index (χ2v) is 9.45. The smallest absolute Gasteiger partial charge is 0.286 e. The fraction of sp³-hybridized carbons (Fsp3) is 0.455. The van der Waals surface area contributed by atoms with Crippen molar-refractivity contribution in [2.45, 2.75) is 13.3 Å². The monoisotopic (exact) mass is 356 g/mol. The second-order valence-electron chi connectivity index (χ2n) is 4.01. The van der Waals surface area contributed by atoms with Crippen molar-refractivity contribution in [1.82, 2.24) is 0 Å². The van der Waals surface area contributed by atoms with Crippen LogP contribution in [0.25, 0.3) is 0 Å². The fourth-order valence-corrected chi connectivity index (χ4v) is 4.99. The average Bonchev–Trinajstić information content (AvgIpc) is 2.19. The summed E-state index contributed by atoms with van der Waals surface area (Å²) in [6.45, 7) is 1.79. The Morgan fingerprint density at radius 3 is 2.22 bits per heavy atom. The van der Waals surface area contributed by atoms with E-state index in [0.717, 1.165) is 4.47 Å². The Kier molecular flexibility index (Phi) is 5.51. The topological polar surface area (TPSA) is 52.6 Å². The summed E-state index contributed by atoms with van der Waals surface area (Å²) in [7, 11) is -5.65. The van der Waals surface area contributed by atoms with Crippen LogP contribution >= 0.6 is 26.5 Å². The van der Waals surface area contributed by atoms with E-state index < -0.39 is 20.7 Å². The largest absolute Gasteiger partial charge is 0.391 e. The maximum Gasteiger partial charge on any atom is 0.286 e. The van der Waals surface area contributed by atoms with Crippen molar-refractivity contribution >= 4 is 36.6 Å². The predicted octanol–water partition coefficient (Wildman–Crippen LogP) is 3.48. The van der Waals surface area contributed by atoms with Gasteiger partial charge >= 0.3 is 0 Å². The highest BCUT2D eigenvalue weighted by molar-refractivity contribution is 9.10. The van der Waals surface area contributed by atoms with Crippen molar-refractivity contribution in [1.29, 1.82) is 0 Å². The molecule has 0 unspecified atom stereocenters. The molecule has 1 aromatic carbocycles. The summed E-state index contributed by atoms with van der Waals surface area (Å²) in [5.74, 6) is 0.595. The first-order valence-corrected chi connectivity index (χ1v) is 10.0. The fourth-order valence-electron chi connectivity index (χ4n) is 1.27. The van der Waals surface area contributed by atoms with Crippen molar-refractivity contribution in [3.63, 3.8) is 0 Å². The van der Waals surface area contributed by atoms with Crippen LogP contribution in [0.1, 0.15) is 13.3 Å². The van der Waals surface area contributed by atoms with Gasteiger partial charge in [-0.3, -0.25) is 0 Å². The molecule has 0 amide bonds. The van der Waals surface area contributed by atoms with E-state index in [1.807, 2.05) is 12.1 Å². The van der Waals surface area contributed by atoms with Gasteiger partial charge in [0.2, 0.25) is 0 Å². The zero-order chi connectivity index (χ0) is 13.8. The molecule has 0 bridgehead atoms. The molecule has 18 heavy (non-hydrogen) atoms. The Labute approximate surface area is 119 Å². The van der Waals surface area contributed by atoms with E-state index in [4.69, 9.17) is 7.81 Å². The molecular formula is C11H17BrO4S2. The lowest BCUT2D eigenvalue weighted by Crippen LogP contribution is -2.16. The van der Waals surface area contributed by atoms with Gasteiger partial charge in [0, 0.05) is 17.0 Å². The molecule has 0 saturated carbocycles. The van der Waals surface area contributed by atoms with Crippen molar-refractivity contribution in [3.8, 4) is 5.75 Å². The van der Waals surface area contributed by atoms with E-state index in [2.05, 4.69) is 15.9 Å². The Hall–Kier alpha value is -0.240.